The average Bonchev–Trinajstić information content (AvgIpc) is 2.89. The number of anilines is 1. The molecule has 0 bridgehead atoms. The van der Waals surface area contributed by atoms with Gasteiger partial charge in [0, 0.05) is 23.4 Å². The van der Waals surface area contributed by atoms with Gasteiger partial charge in [0.05, 0.1) is 11.8 Å². The fourth-order valence-corrected chi connectivity index (χ4v) is 3.80. The van der Waals surface area contributed by atoms with Gasteiger partial charge in [0.1, 0.15) is 10.7 Å². The van der Waals surface area contributed by atoms with Crippen molar-refractivity contribution >= 4 is 39.1 Å². The summed E-state index contributed by atoms with van der Waals surface area (Å²) in [5, 5.41) is 12.1. The minimum absolute atomic E-state index is 0.0581. The van der Waals surface area contributed by atoms with Crippen molar-refractivity contribution in [1.29, 1.82) is 0 Å². The van der Waals surface area contributed by atoms with Crippen LogP contribution in [0.1, 0.15) is 28.2 Å². The smallest absolute Gasteiger partial charge is 0.307 e. The number of benzene rings is 1. The van der Waals surface area contributed by atoms with E-state index in [0.29, 0.717) is 33.7 Å². The van der Waals surface area contributed by atoms with E-state index < -0.39 is 5.97 Å². The molecule has 27 heavy (non-hydrogen) atoms. The summed E-state index contributed by atoms with van der Waals surface area (Å²) >= 11 is 1.48. The second-order valence-electron chi connectivity index (χ2n) is 6.29. The van der Waals surface area contributed by atoms with Gasteiger partial charge in [0.2, 0.25) is 5.91 Å². The Kier molecular flexibility index (Phi) is 5.36. The Bertz CT molecular complexity index is 1070. The summed E-state index contributed by atoms with van der Waals surface area (Å²) in [6.07, 6.45) is 0.441. The maximum atomic E-state index is 12.2. The van der Waals surface area contributed by atoms with Crippen molar-refractivity contribution in [2.24, 2.45) is 0 Å². The van der Waals surface area contributed by atoms with Crippen molar-refractivity contribution in [3.05, 3.63) is 56.4 Å². The normalized spacial score (nSPS) is 10.9. The van der Waals surface area contributed by atoms with Gasteiger partial charge in [-0.25, -0.2) is 4.98 Å². The highest BCUT2D eigenvalue weighted by atomic mass is 32.1. The molecule has 140 valence electrons. The van der Waals surface area contributed by atoms with E-state index in [0.717, 1.165) is 10.4 Å². The third-order valence-electron chi connectivity index (χ3n) is 4.27. The van der Waals surface area contributed by atoms with Gasteiger partial charge < -0.3 is 15.4 Å². The maximum absolute atomic E-state index is 12.2. The molecule has 0 aliphatic heterocycles. The van der Waals surface area contributed by atoms with Gasteiger partial charge in [-0.2, -0.15) is 0 Å². The van der Waals surface area contributed by atoms with Crippen LogP contribution in [0, 0.1) is 13.8 Å². The number of nitrogens with one attached hydrogen (secondary N) is 2. The Balaban J connectivity index is 1.63. The van der Waals surface area contributed by atoms with E-state index in [1.807, 2.05) is 13.8 Å². The molecule has 0 unspecified atom stereocenters. The number of carboxylic acids is 1. The second-order valence-corrected chi connectivity index (χ2v) is 7.49. The number of thiophene rings is 1. The average molecular weight is 385 g/mol. The molecule has 3 N–H and O–H groups in total. The first kappa shape index (κ1) is 18.8. The van der Waals surface area contributed by atoms with E-state index in [2.05, 4.69) is 15.3 Å². The summed E-state index contributed by atoms with van der Waals surface area (Å²) in [6, 6.07) is 6.66. The molecule has 1 amide bonds. The van der Waals surface area contributed by atoms with Crippen LogP contribution in [0.4, 0.5) is 5.69 Å². The van der Waals surface area contributed by atoms with Gasteiger partial charge in [-0.1, -0.05) is 12.1 Å². The molecule has 7 nitrogen and oxygen atoms in total. The van der Waals surface area contributed by atoms with Crippen molar-refractivity contribution in [3.63, 3.8) is 0 Å². The molecule has 2 heterocycles. The zero-order chi connectivity index (χ0) is 19.6. The number of amides is 1. The summed E-state index contributed by atoms with van der Waals surface area (Å²) in [4.78, 5) is 44.0. The highest BCUT2D eigenvalue weighted by Crippen LogP contribution is 2.25. The standard InChI is InChI=1S/C19H19N3O4S/c1-10-11(2)27-19-17(10)18(26)21-14(22-19)7-8-15(23)20-13-5-3-12(4-6-13)9-16(24)25/h3-6H,7-9H2,1-2H3,(H,20,23)(H,24,25)(H,21,22,26). The van der Waals surface area contributed by atoms with Crippen LogP contribution in [0.2, 0.25) is 0 Å². The molecule has 0 saturated heterocycles. The van der Waals surface area contributed by atoms with E-state index in [4.69, 9.17) is 5.11 Å². The van der Waals surface area contributed by atoms with Crippen LogP contribution in [-0.2, 0) is 22.4 Å². The fraction of sp³-hybridized carbons (Fsp3) is 0.263. The quantitative estimate of drug-likeness (QED) is 0.604. The Morgan fingerprint density at radius 3 is 2.59 bits per heavy atom. The Morgan fingerprint density at radius 1 is 1.22 bits per heavy atom. The number of fused-ring (bicyclic) bond motifs is 1. The van der Waals surface area contributed by atoms with Gasteiger partial charge in [-0.05, 0) is 37.1 Å². The van der Waals surface area contributed by atoms with Crippen LogP contribution in [0.5, 0.6) is 0 Å². The maximum Gasteiger partial charge on any atom is 0.307 e. The molecule has 0 radical (unpaired) electrons. The molecule has 0 saturated carbocycles. The lowest BCUT2D eigenvalue weighted by Crippen LogP contribution is -2.16. The summed E-state index contributed by atoms with van der Waals surface area (Å²) < 4.78 is 0. The zero-order valence-electron chi connectivity index (χ0n) is 15.0. The lowest BCUT2D eigenvalue weighted by atomic mass is 10.1. The third-order valence-corrected chi connectivity index (χ3v) is 5.37. The number of nitrogens with zero attached hydrogens (tertiary/aromatic N) is 1. The van der Waals surface area contributed by atoms with Crippen molar-refractivity contribution in [1.82, 2.24) is 9.97 Å². The highest BCUT2D eigenvalue weighted by Gasteiger charge is 2.12. The van der Waals surface area contributed by atoms with Gasteiger partial charge >= 0.3 is 5.97 Å². The summed E-state index contributed by atoms with van der Waals surface area (Å²) in [5.41, 5.74) is 2.03. The molecule has 3 aromatic rings. The van der Waals surface area contributed by atoms with Gasteiger partial charge in [0.25, 0.3) is 5.56 Å². The number of H-pyrrole nitrogens is 1. The molecule has 3 rings (SSSR count). The van der Waals surface area contributed by atoms with E-state index in [1.54, 1.807) is 24.3 Å². The number of aliphatic carboxylic acids is 1. The first-order valence-corrected chi connectivity index (χ1v) is 9.24. The largest absolute Gasteiger partial charge is 0.481 e. The first-order chi connectivity index (χ1) is 12.8. The van der Waals surface area contributed by atoms with Gasteiger partial charge in [0.15, 0.2) is 0 Å². The zero-order valence-corrected chi connectivity index (χ0v) is 15.8. The van der Waals surface area contributed by atoms with Gasteiger partial charge in [-0.15, -0.1) is 11.3 Å². The number of carbonyl (C=O) groups excluding carboxylic acids is 1. The number of hydrogen-bond acceptors (Lipinski definition) is 5. The number of aromatic amines is 1. The molecular formula is C19H19N3O4S. The number of aromatic nitrogens is 2. The van der Waals surface area contributed by atoms with Crippen LogP contribution in [-0.4, -0.2) is 27.0 Å². The fourth-order valence-electron chi connectivity index (χ4n) is 2.75. The molecule has 0 fully saturated rings. The SMILES string of the molecule is Cc1sc2nc(CCC(=O)Nc3ccc(CC(=O)O)cc3)[nH]c(=O)c2c1C. The predicted molar refractivity (Wildman–Crippen MR) is 104 cm³/mol. The van der Waals surface area contributed by atoms with E-state index in [-0.39, 0.29) is 24.3 Å². The molecular weight excluding hydrogens is 366 g/mol. The van der Waals surface area contributed by atoms with Crippen LogP contribution in [0.15, 0.2) is 29.1 Å². The molecule has 8 heteroatoms. The van der Waals surface area contributed by atoms with Crippen molar-refractivity contribution in [2.45, 2.75) is 33.1 Å². The molecule has 2 aromatic heterocycles. The Morgan fingerprint density at radius 2 is 1.93 bits per heavy atom. The second kappa shape index (κ2) is 7.71. The van der Waals surface area contributed by atoms with Crippen LogP contribution in [0.25, 0.3) is 10.2 Å². The lowest BCUT2D eigenvalue weighted by molar-refractivity contribution is -0.136. The van der Waals surface area contributed by atoms with E-state index in [1.165, 1.54) is 11.3 Å². The predicted octanol–water partition coefficient (Wildman–Crippen LogP) is 2.80. The number of carbonyl (C=O) groups is 2. The van der Waals surface area contributed by atoms with Crippen LogP contribution < -0.4 is 10.9 Å². The summed E-state index contributed by atoms with van der Waals surface area (Å²) in [7, 11) is 0. The van der Waals surface area contributed by atoms with E-state index in [9.17, 15) is 14.4 Å². The van der Waals surface area contributed by atoms with Crippen molar-refractivity contribution in [3.8, 4) is 0 Å². The summed E-state index contributed by atoms with van der Waals surface area (Å²) in [5.74, 6) is -0.621. The van der Waals surface area contributed by atoms with Crippen LogP contribution in [0.3, 0.4) is 0 Å². The highest BCUT2D eigenvalue weighted by molar-refractivity contribution is 7.18. The topological polar surface area (TPSA) is 112 Å². The minimum atomic E-state index is -0.902. The molecule has 1 aromatic carbocycles. The van der Waals surface area contributed by atoms with Crippen LogP contribution >= 0.6 is 11.3 Å². The van der Waals surface area contributed by atoms with E-state index >= 15 is 0 Å². The number of rotatable bonds is 6. The lowest BCUT2D eigenvalue weighted by Gasteiger charge is -2.06. The molecule has 0 aliphatic carbocycles. The Hall–Kier alpha value is -3.00. The summed E-state index contributed by atoms with van der Waals surface area (Å²) in [6.45, 7) is 3.86. The molecule has 0 spiro atoms. The van der Waals surface area contributed by atoms with Gasteiger partial charge in [-0.3, -0.25) is 14.4 Å². The minimum Gasteiger partial charge on any atom is -0.481 e. The first-order valence-electron chi connectivity index (χ1n) is 8.43. The van der Waals surface area contributed by atoms with Crippen molar-refractivity contribution < 1.29 is 14.7 Å². The molecule has 0 aliphatic rings. The third kappa shape index (κ3) is 4.40. The van der Waals surface area contributed by atoms with Crippen molar-refractivity contribution in [2.75, 3.05) is 5.32 Å². The number of carboxylic acid groups (broad SMARTS) is 1. The molecule has 0 atom stereocenters. The monoisotopic (exact) mass is 385 g/mol. The number of hydrogen-bond donors (Lipinski definition) is 3. The number of aryl methyl sites for hydroxylation is 3. The Labute approximate surface area is 159 Å².